The smallest absolute Gasteiger partial charge is 0.308 e. The number of aliphatic carboxylic acids is 1. The molecule has 3 unspecified atom stereocenters. The van der Waals surface area contributed by atoms with Gasteiger partial charge in [0.2, 0.25) is 5.91 Å². The average Bonchev–Trinajstić information content (AvgIpc) is 2.37. The van der Waals surface area contributed by atoms with Gasteiger partial charge in [0.05, 0.1) is 11.8 Å². The molecule has 0 radical (unpaired) electrons. The first-order chi connectivity index (χ1) is 9.73. The quantitative estimate of drug-likeness (QED) is 0.847. The van der Waals surface area contributed by atoms with Crippen molar-refractivity contribution >= 4 is 23.5 Å². The maximum absolute atomic E-state index is 12.5. The van der Waals surface area contributed by atoms with E-state index in [0.29, 0.717) is 5.02 Å². The van der Waals surface area contributed by atoms with Gasteiger partial charge in [0.25, 0.3) is 0 Å². The number of amides is 1. The van der Waals surface area contributed by atoms with E-state index in [1.165, 1.54) is 0 Å². The predicted octanol–water partition coefficient (Wildman–Crippen LogP) is 3.31. The Hall–Kier alpha value is -1.55. The highest BCUT2D eigenvalue weighted by atomic mass is 35.5. The molecule has 0 saturated carbocycles. The molecule has 1 amide bonds. The number of carbonyl (C=O) groups excluding carboxylic acids is 1. The van der Waals surface area contributed by atoms with Crippen LogP contribution in [0.4, 0.5) is 0 Å². The summed E-state index contributed by atoms with van der Waals surface area (Å²) in [5, 5.41) is 12.4. The highest BCUT2D eigenvalue weighted by Gasteiger charge is 2.28. The van der Waals surface area contributed by atoms with Crippen molar-refractivity contribution in [3.8, 4) is 0 Å². The Labute approximate surface area is 130 Å². The van der Waals surface area contributed by atoms with Crippen molar-refractivity contribution < 1.29 is 14.7 Å². The first-order valence-electron chi connectivity index (χ1n) is 7.02. The van der Waals surface area contributed by atoms with Crippen LogP contribution in [0.15, 0.2) is 24.3 Å². The van der Waals surface area contributed by atoms with Crippen molar-refractivity contribution in [3.63, 3.8) is 0 Å². The lowest BCUT2D eigenvalue weighted by atomic mass is 9.87. The number of nitrogens with one attached hydrogen (secondary N) is 1. The third kappa shape index (κ3) is 4.74. The molecule has 2 N–H and O–H groups in total. The maximum atomic E-state index is 12.5. The fourth-order valence-electron chi connectivity index (χ4n) is 2.19. The van der Waals surface area contributed by atoms with Crippen LogP contribution in [0.3, 0.4) is 0 Å². The maximum Gasteiger partial charge on any atom is 0.308 e. The van der Waals surface area contributed by atoms with Gasteiger partial charge in [-0.05, 0) is 37.5 Å². The van der Waals surface area contributed by atoms with E-state index in [2.05, 4.69) is 5.32 Å². The van der Waals surface area contributed by atoms with Crippen molar-refractivity contribution in [2.45, 2.75) is 39.7 Å². The van der Waals surface area contributed by atoms with E-state index < -0.39 is 17.9 Å². The van der Waals surface area contributed by atoms with Gasteiger partial charge in [-0.1, -0.05) is 37.6 Å². The zero-order valence-corrected chi connectivity index (χ0v) is 13.5. The summed E-state index contributed by atoms with van der Waals surface area (Å²) in [7, 11) is 0. The van der Waals surface area contributed by atoms with E-state index in [1.54, 1.807) is 26.0 Å². The SMILES string of the molecule is CC(C)C(C(=O)NC(C)C(C)C(=O)O)c1cccc(Cl)c1. The number of carboxylic acid groups (broad SMARTS) is 1. The number of halogens is 1. The molecule has 5 heteroatoms. The molecule has 4 nitrogen and oxygen atoms in total. The van der Waals surface area contributed by atoms with Gasteiger partial charge >= 0.3 is 5.97 Å². The summed E-state index contributed by atoms with van der Waals surface area (Å²) in [6.45, 7) is 7.19. The summed E-state index contributed by atoms with van der Waals surface area (Å²) in [6.07, 6.45) is 0. The summed E-state index contributed by atoms with van der Waals surface area (Å²) < 4.78 is 0. The van der Waals surface area contributed by atoms with Gasteiger partial charge < -0.3 is 10.4 Å². The van der Waals surface area contributed by atoms with Crippen LogP contribution in [0.25, 0.3) is 0 Å². The van der Waals surface area contributed by atoms with Gasteiger partial charge in [0.15, 0.2) is 0 Å². The lowest BCUT2D eigenvalue weighted by Gasteiger charge is -2.25. The van der Waals surface area contributed by atoms with E-state index in [1.807, 2.05) is 26.0 Å². The van der Waals surface area contributed by atoms with Gasteiger partial charge in [-0.2, -0.15) is 0 Å². The standard InChI is InChI=1S/C16H22ClNO3/c1-9(2)14(12-6-5-7-13(17)8-12)15(19)18-11(4)10(3)16(20)21/h5-11,14H,1-4H3,(H,18,19)(H,20,21). The second kappa shape index (κ2) is 7.46. The summed E-state index contributed by atoms with van der Waals surface area (Å²) in [5.41, 5.74) is 0.838. The number of hydrogen-bond donors (Lipinski definition) is 2. The molecule has 0 saturated heterocycles. The Morgan fingerprint density at radius 1 is 1.19 bits per heavy atom. The van der Waals surface area contributed by atoms with Crippen LogP contribution in [0.5, 0.6) is 0 Å². The van der Waals surface area contributed by atoms with Crippen LogP contribution in [-0.2, 0) is 9.59 Å². The average molecular weight is 312 g/mol. The molecule has 1 aromatic rings. The van der Waals surface area contributed by atoms with E-state index in [4.69, 9.17) is 16.7 Å². The van der Waals surface area contributed by atoms with Crippen LogP contribution < -0.4 is 5.32 Å². The molecular weight excluding hydrogens is 290 g/mol. The fourth-order valence-corrected chi connectivity index (χ4v) is 2.39. The monoisotopic (exact) mass is 311 g/mol. The Morgan fingerprint density at radius 2 is 1.81 bits per heavy atom. The van der Waals surface area contributed by atoms with Crippen molar-refractivity contribution in [2.75, 3.05) is 0 Å². The van der Waals surface area contributed by atoms with Gasteiger partial charge in [-0.15, -0.1) is 0 Å². The third-order valence-electron chi connectivity index (χ3n) is 3.67. The van der Waals surface area contributed by atoms with Crippen LogP contribution in [0.2, 0.25) is 5.02 Å². The minimum atomic E-state index is -0.924. The Kier molecular flexibility index (Phi) is 6.21. The van der Waals surface area contributed by atoms with Crippen molar-refractivity contribution in [1.82, 2.24) is 5.32 Å². The first-order valence-corrected chi connectivity index (χ1v) is 7.40. The minimum absolute atomic E-state index is 0.0794. The van der Waals surface area contributed by atoms with Crippen molar-refractivity contribution in [2.24, 2.45) is 11.8 Å². The van der Waals surface area contributed by atoms with Gasteiger partial charge in [0.1, 0.15) is 0 Å². The number of rotatable bonds is 6. The van der Waals surface area contributed by atoms with Crippen LogP contribution >= 0.6 is 11.6 Å². The number of carboxylic acids is 1. The van der Waals surface area contributed by atoms with Crippen molar-refractivity contribution in [3.05, 3.63) is 34.9 Å². The van der Waals surface area contributed by atoms with E-state index >= 15 is 0 Å². The van der Waals surface area contributed by atoms with Crippen LogP contribution in [0.1, 0.15) is 39.2 Å². The van der Waals surface area contributed by atoms with E-state index in [9.17, 15) is 9.59 Å². The highest BCUT2D eigenvalue weighted by molar-refractivity contribution is 6.30. The first kappa shape index (κ1) is 17.5. The van der Waals surface area contributed by atoms with Crippen LogP contribution in [-0.4, -0.2) is 23.0 Å². The summed E-state index contributed by atoms with van der Waals surface area (Å²) in [5.74, 6) is -2.01. The molecule has 3 atom stereocenters. The molecule has 116 valence electrons. The predicted molar refractivity (Wildman–Crippen MR) is 83.4 cm³/mol. The van der Waals surface area contributed by atoms with Gasteiger partial charge in [-0.3, -0.25) is 9.59 Å². The minimum Gasteiger partial charge on any atom is -0.481 e. The third-order valence-corrected chi connectivity index (χ3v) is 3.90. The second-order valence-corrected chi connectivity index (χ2v) is 6.14. The molecule has 21 heavy (non-hydrogen) atoms. The summed E-state index contributed by atoms with van der Waals surface area (Å²) in [6, 6.07) is 6.77. The number of benzene rings is 1. The Bertz CT molecular complexity index is 516. The largest absolute Gasteiger partial charge is 0.481 e. The molecule has 0 bridgehead atoms. The molecule has 0 aliphatic carbocycles. The molecule has 1 aromatic carbocycles. The molecule has 0 fully saturated rings. The summed E-state index contributed by atoms with van der Waals surface area (Å²) >= 11 is 5.99. The second-order valence-electron chi connectivity index (χ2n) is 5.70. The van der Waals surface area contributed by atoms with Gasteiger partial charge in [-0.25, -0.2) is 0 Å². The molecule has 0 spiro atoms. The van der Waals surface area contributed by atoms with Crippen LogP contribution in [0, 0.1) is 11.8 Å². The topological polar surface area (TPSA) is 66.4 Å². The normalized spacial score (nSPS) is 15.3. The lowest BCUT2D eigenvalue weighted by molar-refractivity contribution is -0.142. The van der Waals surface area contributed by atoms with Crippen molar-refractivity contribution in [1.29, 1.82) is 0 Å². The Balaban J connectivity index is 2.91. The zero-order chi connectivity index (χ0) is 16.2. The molecule has 0 aliphatic rings. The molecule has 0 aromatic heterocycles. The number of carbonyl (C=O) groups is 2. The zero-order valence-electron chi connectivity index (χ0n) is 12.8. The molecular formula is C16H22ClNO3. The van der Waals surface area contributed by atoms with E-state index in [0.717, 1.165) is 5.56 Å². The van der Waals surface area contributed by atoms with E-state index in [-0.39, 0.29) is 17.7 Å². The number of hydrogen-bond acceptors (Lipinski definition) is 2. The molecule has 1 rings (SSSR count). The molecule has 0 aliphatic heterocycles. The lowest BCUT2D eigenvalue weighted by Crippen LogP contribution is -2.43. The summed E-state index contributed by atoms with van der Waals surface area (Å²) in [4.78, 5) is 23.5. The Morgan fingerprint density at radius 3 is 2.29 bits per heavy atom. The van der Waals surface area contributed by atoms with Gasteiger partial charge in [0, 0.05) is 11.1 Å². The fraction of sp³-hybridized carbons (Fsp3) is 0.500. The highest BCUT2D eigenvalue weighted by Crippen LogP contribution is 2.27. The molecule has 0 heterocycles.